The standard InChI is InChI=1S/C14H13ClFNO3/c15-11-6-5-8(7-12(11)16)17-13(18)9-3-1-2-4-10(9)14(19)20/h1-2,5-7,9-10H,3-4H2,(H,17,18)(H,19,20)/t9-,10+/m1/s1. The number of allylic oxidation sites excluding steroid dienone is 2. The van der Waals surface area contributed by atoms with Gasteiger partial charge < -0.3 is 10.4 Å². The highest BCUT2D eigenvalue weighted by molar-refractivity contribution is 6.30. The van der Waals surface area contributed by atoms with Crippen molar-refractivity contribution >= 4 is 29.2 Å². The summed E-state index contributed by atoms with van der Waals surface area (Å²) in [5.74, 6) is -3.48. The van der Waals surface area contributed by atoms with Crippen molar-refractivity contribution in [3.63, 3.8) is 0 Å². The quantitative estimate of drug-likeness (QED) is 0.843. The molecule has 2 N–H and O–H groups in total. The summed E-state index contributed by atoms with van der Waals surface area (Å²) in [6, 6.07) is 3.91. The summed E-state index contributed by atoms with van der Waals surface area (Å²) in [5.41, 5.74) is 0.260. The number of aliphatic carboxylic acids is 1. The maximum atomic E-state index is 13.3. The molecule has 0 aliphatic heterocycles. The van der Waals surface area contributed by atoms with E-state index in [1.54, 1.807) is 12.2 Å². The van der Waals surface area contributed by atoms with Crippen LogP contribution in [-0.4, -0.2) is 17.0 Å². The highest BCUT2D eigenvalue weighted by atomic mass is 35.5. The Morgan fingerprint density at radius 2 is 1.90 bits per heavy atom. The Labute approximate surface area is 120 Å². The van der Waals surface area contributed by atoms with Crippen LogP contribution in [-0.2, 0) is 9.59 Å². The number of carboxylic acid groups (broad SMARTS) is 1. The van der Waals surface area contributed by atoms with Crippen molar-refractivity contribution < 1.29 is 19.1 Å². The van der Waals surface area contributed by atoms with Gasteiger partial charge in [-0.1, -0.05) is 23.8 Å². The minimum atomic E-state index is -1.00. The van der Waals surface area contributed by atoms with Gasteiger partial charge in [0.05, 0.1) is 16.9 Å². The van der Waals surface area contributed by atoms with Gasteiger partial charge in [-0.15, -0.1) is 0 Å². The molecule has 0 radical (unpaired) electrons. The monoisotopic (exact) mass is 297 g/mol. The predicted molar refractivity (Wildman–Crippen MR) is 73.0 cm³/mol. The van der Waals surface area contributed by atoms with E-state index in [-0.39, 0.29) is 10.7 Å². The van der Waals surface area contributed by atoms with E-state index in [0.29, 0.717) is 12.8 Å². The zero-order valence-electron chi connectivity index (χ0n) is 10.5. The fourth-order valence-corrected chi connectivity index (χ4v) is 2.30. The van der Waals surface area contributed by atoms with Crippen LogP contribution in [0.5, 0.6) is 0 Å². The topological polar surface area (TPSA) is 66.4 Å². The van der Waals surface area contributed by atoms with Gasteiger partial charge in [0.15, 0.2) is 0 Å². The third-order valence-electron chi connectivity index (χ3n) is 3.27. The molecule has 1 aliphatic carbocycles. The molecule has 4 nitrogen and oxygen atoms in total. The van der Waals surface area contributed by atoms with Gasteiger partial charge in [0.2, 0.25) is 5.91 Å². The van der Waals surface area contributed by atoms with Crippen LogP contribution in [0.3, 0.4) is 0 Å². The van der Waals surface area contributed by atoms with Crippen molar-refractivity contribution in [2.75, 3.05) is 5.32 Å². The minimum absolute atomic E-state index is 0.0352. The van der Waals surface area contributed by atoms with Crippen LogP contribution >= 0.6 is 11.6 Å². The smallest absolute Gasteiger partial charge is 0.307 e. The van der Waals surface area contributed by atoms with Gasteiger partial charge in [0.1, 0.15) is 5.82 Å². The van der Waals surface area contributed by atoms with Crippen molar-refractivity contribution in [2.24, 2.45) is 11.8 Å². The molecule has 20 heavy (non-hydrogen) atoms. The molecule has 6 heteroatoms. The molecule has 0 bridgehead atoms. The number of carbonyl (C=O) groups excluding carboxylic acids is 1. The van der Waals surface area contributed by atoms with E-state index in [9.17, 15) is 14.0 Å². The van der Waals surface area contributed by atoms with Crippen LogP contribution in [0.25, 0.3) is 0 Å². The van der Waals surface area contributed by atoms with E-state index < -0.39 is 29.5 Å². The average molecular weight is 298 g/mol. The first-order valence-electron chi connectivity index (χ1n) is 6.12. The number of carboxylic acids is 1. The first-order valence-corrected chi connectivity index (χ1v) is 6.50. The highest BCUT2D eigenvalue weighted by Crippen LogP contribution is 2.27. The summed E-state index contributed by atoms with van der Waals surface area (Å²) in [7, 11) is 0. The third-order valence-corrected chi connectivity index (χ3v) is 3.58. The molecule has 2 atom stereocenters. The number of carbonyl (C=O) groups is 2. The molecule has 0 saturated carbocycles. The molecule has 1 aliphatic rings. The minimum Gasteiger partial charge on any atom is -0.481 e. The van der Waals surface area contributed by atoms with Crippen molar-refractivity contribution in [2.45, 2.75) is 12.8 Å². The predicted octanol–water partition coefficient (Wildman–Crippen LogP) is 3.08. The largest absolute Gasteiger partial charge is 0.481 e. The van der Waals surface area contributed by atoms with E-state index in [1.807, 2.05) is 0 Å². The van der Waals surface area contributed by atoms with Gasteiger partial charge >= 0.3 is 5.97 Å². The summed E-state index contributed by atoms with van der Waals surface area (Å²) in [6.07, 6.45) is 4.22. The average Bonchev–Trinajstić information content (AvgIpc) is 2.43. The Kier molecular flexibility index (Phi) is 4.39. The zero-order chi connectivity index (χ0) is 14.7. The summed E-state index contributed by atoms with van der Waals surface area (Å²) < 4.78 is 13.3. The Morgan fingerprint density at radius 1 is 1.25 bits per heavy atom. The van der Waals surface area contributed by atoms with Gasteiger partial charge in [-0.2, -0.15) is 0 Å². The fourth-order valence-electron chi connectivity index (χ4n) is 2.19. The van der Waals surface area contributed by atoms with Crippen LogP contribution < -0.4 is 5.32 Å². The number of nitrogens with one attached hydrogen (secondary N) is 1. The summed E-state index contributed by atoms with van der Waals surface area (Å²) in [5, 5.41) is 11.6. The summed E-state index contributed by atoms with van der Waals surface area (Å²) >= 11 is 5.56. The molecule has 0 saturated heterocycles. The van der Waals surface area contributed by atoms with Crippen LogP contribution in [0.1, 0.15) is 12.8 Å². The SMILES string of the molecule is O=C(O)[C@H]1CC=CC[C@H]1C(=O)Nc1ccc(Cl)c(F)c1. The molecule has 1 aromatic rings. The van der Waals surface area contributed by atoms with Gasteiger partial charge in [0.25, 0.3) is 0 Å². The lowest BCUT2D eigenvalue weighted by molar-refractivity contribution is -0.146. The van der Waals surface area contributed by atoms with Gasteiger partial charge in [0, 0.05) is 5.69 Å². The van der Waals surface area contributed by atoms with E-state index in [1.165, 1.54) is 12.1 Å². The van der Waals surface area contributed by atoms with E-state index >= 15 is 0 Å². The number of halogens is 2. The number of benzene rings is 1. The lowest BCUT2D eigenvalue weighted by Crippen LogP contribution is -2.34. The summed E-state index contributed by atoms with van der Waals surface area (Å²) in [6.45, 7) is 0. The number of amides is 1. The molecular weight excluding hydrogens is 285 g/mol. The molecule has 1 amide bonds. The van der Waals surface area contributed by atoms with Crippen LogP contribution in [0.4, 0.5) is 10.1 Å². The van der Waals surface area contributed by atoms with E-state index in [4.69, 9.17) is 16.7 Å². The van der Waals surface area contributed by atoms with Gasteiger partial charge in [-0.05, 0) is 31.0 Å². The Bertz CT molecular complexity index is 574. The molecule has 0 aromatic heterocycles. The Morgan fingerprint density at radius 3 is 2.50 bits per heavy atom. The lowest BCUT2D eigenvalue weighted by atomic mass is 9.82. The lowest BCUT2D eigenvalue weighted by Gasteiger charge is -2.24. The maximum Gasteiger partial charge on any atom is 0.307 e. The molecule has 0 fully saturated rings. The Hall–Kier alpha value is -1.88. The third kappa shape index (κ3) is 3.17. The second kappa shape index (κ2) is 6.05. The number of hydrogen-bond donors (Lipinski definition) is 2. The zero-order valence-corrected chi connectivity index (χ0v) is 11.2. The fraction of sp³-hybridized carbons (Fsp3) is 0.286. The van der Waals surface area contributed by atoms with Crippen molar-refractivity contribution in [3.05, 3.63) is 41.2 Å². The summed E-state index contributed by atoms with van der Waals surface area (Å²) in [4.78, 5) is 23.2. The second-order valence-corrected chi connectivity index (χ2v) is 5.02. The van der Waals surface area contributed by atoms with Crippen molar-refractivity contribution in [1.29, 1.82) is 0 Å². The molecule has 0 unspecified atom stereocenters. The number of anilines is 1. The van der Waals surface area contributed by atoms with E-state index in [2.05, 4.69) is 5.32 Å². The second-order valence-electron chi connectivity index (χ2n) is 4.61. The number of rotatable bonds is 3. The molecule has 106 valence electrons. The molecule has 1 aromatic carbocycles. The molecule has 2 rings (SSSR count). The normalized spacial score (nSPS) is 21.5. The maximum absolute atomic E-state index is 13.3. The van der Waals surface area contributed by atoms with Crippen LogP contribution in [0.15, 0.2) is 30.4 Å². The molecule has 0 spiro atoms. The van der Waals surface area contributed by atoms with Crippen LogP contribution in [0, 0.1) is 17.7 Å². The van der Waals surface area contributed by atoms with Crippen LogP contribution in [0.2, 0.25) is 5.02 Å². The highest BCUT2D eigenvalue weighted by Gasteiger charge is 2.33. The molecule has 0 heterocycles. The van der Waals surface area contributed by atoms with Gasteiger partial charge in [-0.3, -0.25) is 9.59 Å². The number of hydrogen-bond acceptors (Lipinski definition) is 2. The van der Waals surface area contributed by atoms with Crippen molar-refractivity contribution in [1.82, 2.24) is 0 Å². The Balaban J connectivity index is 2.12. The van der Waals surface area contributed by atoms with Crippen molar-refractivity contribution in [3.8, 4) is 0 Å². The molecular formula is C14H13ClFNO3. The van der Waals surface area contributed by atoms with E-state index in [0.717, 1.165) is 6.07 Å². The first-order chi connectivity index (χ1) is 9.49. The van der Waals surface area contributed by atoms with Gasteiger partial charge in [-0.25, -0.2) is 4.39 Å². The first kappa shape index (κ1) is 14.5.